The van der Waals surface area contributed by atoms with Crippen LogP contribution < -0.4 is 5.32 Å². The lowest BCUT2D eigenvalue weighted by molar-refractivity contribution is 0.0952. The predicted molar refractivity (Wildman–Crippen MR) is 97.8 cm³/mol. The lowest BCUT2D eigenvalue weighted by Gasteiger charge is -2.20. The molecule has 0 saturated carbocycles. The van der Waals surface area contributed by atoms with Gasteiger partial charge in [0.15, 0.2) is 0 Å². The van der Waals surface area contributed by atoms with Crippen LogP contribution in [0.15, 0.2) is 23.1 Å². The molecule has 0 fully saturated rings. The minimum absolute atomic E-state index is 0.213. The predicted octanol–water partition coefficient (Wildman–Crippen LogP) is 3.34. The number of unbranched alkanes of at least 4 members (excludes halogenated alkanes) is 3. The molecule has 1 N–H and O–H groups in total. The van der Waals surface area contributed by atoms with Gasteiger partial charge in [-0.25, -0.2) is 8.42 Å². The van der Waals surface area contributed by atoms with Gasteiger partial charge in [-0.05, 0) is 31.0 Å². The maximum Gasteiger partial charge on any atom is 0.251 e. The zero-order chi connectivity index (χ0) is 18.2. The van der Waals surface area contributed by atoms with Gasteiger partial charge in [0.25, 0.3) is 5.91 Å². The van der Waals surface area contributed by atoms with Crippen LogP contribution in [0.25, 0.3) is 0 Å². The summed E-state index contributed by atoms with van der Waals surface area (Å²) in [5, 5.41) is 2.87. The number of nitrogens with zero attached hydrogens (tertiary/aromatic N) is 1. The molecule has 136 valence electrons. The largest absolute Gasteiger partial charge is 0.352 e. The van der Waals surface area contributed by atoms with Crippen LogP contribution in [0.2, 0.25) is 0 Å². The smallest absolute Gasteiger partial charge is 0.251 e. The lowest BCUT2D eigenvalue weighted by Crippen LogP contribution is -2.31. The van der Waals surface area contributed by atoms with E-state index in [9.17, 15) is 13.2 Å². The number of amides is 1. The second-order valence-corrected chi connectivity index (χ2v) is 7.79. The van der Waals surface area contributed by atoms with Crippen LogP contribution in [-0.2, 0) is 10.0 Å². The molecule has 0 aliphatic carbocycles. The van der Waals surface area contributed by atoms with Gasteiger partial charge in [-0.1, -0.05) is 46.1 Å². The summed E-state index contributed by atoms with van der Waals surface area (Å²) in [5.41, 5.74) is 1.04. The van der Waals surface area contributed by atoms with Crippen molar-refractivity contribution in [1.82, 2.24) is 9.62 Å². The Labute approximate surface area is 146 Å². The molecule has 6 heteroatoms. The third-order valence-electron chi connectivity index (χ3n) is 4.09. The van der Waals surface area contributed by atoms with Crippen LogP contribution in [0.3, 0.4) is 0 Å². The van der Waals surface area contributed by atoms with Crippen molar-refractivity contribution in [3.05, 3.63) is 29.3 Å². The highest BCUT2D eigenvalue weighted by atomic mass is 32.2. The summed E-state index contributed by atoms with van der Waals surface area (Å²) in [6, 6.07) is 4.87. The number of hydrogen-bond acceptors (Lipinski definition) is 3. The molecule has 0 atom stereocenters. The van der Waals surface area contributed by atoms with E-state index in [1.807, 2.05) is 13.8 Å². The average Bonchev–Trinajstić information content (AvgIpc) is 2.55. The molecule has 24 heavy (non-hydrogen) atoms. The van der Waals surface area contributed by atoms with Crippen molar-refractivity contribution in [3.63, 3.8) is 0 Å². The standard InChI is InChI=1S/C18H30N2O3S/c1-5-8-9-10-13-19-18(21)16-12-11-15(4)17(14-16)24(22,23)20(6-2)7-3/h11-12,14H,5-10,13H2,1-4H3,(H,19,21). The number of rotatable bonds is 10. The Morgan fingerprint density at radius 3 is 2.33 bits per heavy atom. The van der Waals surface area contributed by atoms with Gasteiger partial charge < -0.3 is 5.32 Å². The number of benzene rings is 1. The SMILES string of the molecule is CCCCCCNC(=O)c1ccc(C)c(S(=O)(=O)N(CC)CC)c1. The Kier molecular flexibility index (Phi) is 8.42. The van der Waals surface area contributed by atoms with Gasteiger partial charge in [-0.2, -0.15) is 4.31 Å². The van der Waals surface area contributed by atoms with E-state index in [1.165, 1.54) is 10.4 Å². The van der Waals surface area contributed by atoms with Crippen LogP contribution in [0.1, 0.15) is 62.4 Å². The fourth-order valence-electron chi connectivity index (χ4n) is 2.58. The van der Waals surface area contributed by atoms with Crippen LogP contribution in [0, 0.1) is 6.92 Å². The van der Waals surface area contributed by atoms with E-state index in [-0.39, 0.29) is 10.8 Å². The molecule has 0 bridgehead atoms. The normalized spacial score (nSPS) is 11.7. The maximum absolute atomic E-state index is 12.7. The summed E-state index contributed by atoms with van der Waals surface area (Å²) in [5.74, 6) is -0.220. The summed E-state index contributed by atoms with van der Waals surface area (Å²) in [6.07, 6.45) is 4.34. The van der Waals surface area contributed by atoms with E-state index in [0.717, 1.165) is 25.7 Å². The molecule has 0 radical (unpaired) electrons. The molecule has 1 aromatic rings. The molecule has 1 aromatic carbocycles. The molecule has 0 saturated heterocycles. The third kappa shape index (κ3) is 5.31. The van der Waals surface area contributed by atoms with Gasteiger partial charge >= 0.3 is 0 Å². The summed E-state index contributed by atoms with van der Waals surface area (Å²) in [6.45, 7) is 8.95. The summed E-state index contributed by atoms with van der Waals surface area (Å²) in [7, 11) is -3.57. The number of sulfonamides is 1. The van der Waals surface area contributed by atoms with Crippen LogP contribution in [0.5, 0.6) is 0 Å². The first-order chi connectivity index (χ1) is 11.4. The molecule has 0 unspecified atom stereocenters. The Morgan fingerprint density at radius 2 is 1.75 bits per heavy atom. The van der Waals surface area contributed by atoms with Crippen LogP contribution >= 0.6 is 0 Å². The number of aryl methyl sites for hydroxylation is 1. The monoisotopic (exact) mass is 354 g/mol. The van der Waals surface area contributed by atoms with E-state index < -0.39 is 10.0 Å². The molecular weight excluding hydrogens is 324 g/mol. The van der Waals surface area contributed by atoms with E-state index in [2.05, 4.69) is 12.2 Å². The molecule has 5 nitrogen and oxygen atoms in total. The maximum atomic E-state index is 12.7. The molecule has 0 aliphatic heterocycles. The Morgan fingerprint density at radius 1 is 1.08 bits per heavy atom. The molecule has 0 spiro atoms. The molecule has 1 rings (SSSR count). The van der Waals surface area contributed by atoms with Crippen molar-refractivity contribution in [1.29, 1.82) is 0 Å². The van der Waals surface area contributed by atoms with Gasteiger partial charge in [-0.3, -0.25) is 4.79 Å². The molecule has 0 aliphatic rings. The van der Waals surface area contributed by atoms with E-state index >= 15 is 0 Å². The number of carbonyl (C=O) groups excluding carboxylic acids is 1. The van der Waals surface area contributed by atoms with Gasteiger partial charge in [-0.15, -0.1) is 0 Å². The number of nitrogens with one attached hydrogen (secondary N) is 1. The first-order valence-electron chi connectivity index (χ1n) is 8.77. The number of carbonyl (C=O) groups is 1. The van der Waals surface area contributed by atoms with Gasteiger partial charge in [0.2, 0.25) is 10.0 Å². The number of hydrogen-bond donors (Lipinski definition) is 1. The minimum Gasteiger partial charge on any atom is -0.352 e. The van der Waals surface area contributed by atoms with Crippen molar-refractivity contribution >= 4 is 15.9 Å². The highest BCUT2D eigenvalue weighted by Gasteiger charge is 2.24. The molecule has 0 heterocycles. The minimum atomic E-state index is -3.57. The lowest BCUT2D eigenvalue weighted by atomic mass is 10.1. The highest BCUT2D eigenvalue weighted by Crippen LogP contribution is 2.21. The van der Waals surface area contributed by atoms with Crippen molar-refractivity contribution in [2.45, 2.75) is 58.3 Å². The second kappa shape index (κ2) is 9.79. The third-order valence-corrected chi connectivity index (χ3v) is 6.28. The average molecular weight is 355 g/mol. The second-order valence-electron chi connectivity index (χ2n) is 5.89. The van der Waals surface area contributed by atoms with E-state index in [1.54, 1.807) is 19.1 Å². The van der Waals surface area contributed by atoms with Gasteiger partial charge in [0.1, 0.15) is 0 Å². The Balaban J connectivity index is 2.91. The van der Waals surface area contributed by atoms with Gasteiger partial charge in [0, 0.05) is 25.2 Å². The molecule has 1 amide bonds. The quantitative estimate of drug-likeness (QED) is 0.655. The van der Waals surface area contributed by atoms with Crippen molar-refractivity contribution < 1.29 is 13.2 Å². The van der Waals surface area contributed by atoms with Crippen molar-refractivity contribution in [2.24, 2.45) is 0 Å². The van der Waals surface area contributed by atoms with E-state index in [0.29, 0.717) is 30.8 Å². The Hall–Kier alpha value is -1.40. The zero-order valence-electron chi connectivity index (χ0n) is 15.3. The van der Waals surface area contributed by atoms with Crippen molar-refractivity contribution in [2.75, 3.05) is 19.6 Å². The summed E-state index contributed by atoms with van der Waals surface area (Å²) in [4.78, 5) is 12.5. The van der Waals surface area contributed by atoms with Crippen LogP contribution in [-0.4, -0.2) is 38.3 Å². The first-order valence-corrected chi connectivity index (χ1v) is 10.2. The Bertz CT molecular complexity index is 638. The first kappa shape index (κ1) is 20.6. The summed E-state index contributed by atoms with van der Waals surface area (Å²) < 4.78 is 26.8. The van der Waals surface area contributed by atoms with Crippen LogP contribution in [0.4, 0.5) is 0 Å². The topological polar surface area (TPSA) is 66.5 Å². The van der Waals surface area contributed by atoms with E-state index in [4.69, 9.17) is 0 Å². The molecule has 0 aromatic heterocycles. The molecular formula is C18H30N2O3S. The van der Waals surface area contributed by atoms with Crippen molar-refractivity contribution in [3.8, 4) is 0 Å². The van der Waals surface area contributed by atoms with Gasteiger partial charge in [0.05, 0.1) is 4.90 Å². The fourth-order valence-corrected chi connectivity index (χ4v) is 4.29. The summed E-state index contributed by atoms with van der Waals surface area (Å²) >= 11 is 0. The zero-order valence-corrected chi connectivity index (χ0v) is 16.1. The highest BCUT2D eigenvalue weighted by molar-refractivity contribution is 7.89. The fraction of sp³-hybridized carbons (Fsp3) is 0.611.